The Morgan fingerprint density at radius 2 is 1.71 bits per heavy atom. The van der Waals surface area contributed by atoms with Crippen molar-refractivity contribution < 1.29 is 14.2 Å². The highest BCUT2D eigenvalue weighted by atomic mass is 19.1. The van der Waals surface area contributed by atoms with E-state index in [2.05, 4.69) is 10.00 Å². The minimum absolute atomic E-state index is 0.0925. The monoisotopic (exact) mass is 383 g/mol. The van der Waals surface area contributed by atoms with Crippen molar-refractivity contribution >= 4 is 10.8 Å². The maximum Gasteiger partial charge on any atom is 0.274 e. The summed E-state index contributed by atoms with van der Waals surface area (Å²) < 4.78 is 20.0. The van der Waals surface area contributed by atoms with Crippen molar-refractivity contribution in [2.75, 3.05) is 32.8 Å². The van der Waals surface area contributed by atoms with Gasteiger partial charge in [-0.2, -0.15) is 5.10 Å². The normalized spacial score (nSPS) is 16.4. The number of aliphatic hydroxyl groups is 1. The van der Waals surface area contributed by atoms with E-state index < -0.39 is 6.10 Å². The molecule has 146 valence electrons. The van der Waals surface area contributed by atoms with E-state index in [9.17, 15) is 14.3 Å². The fourth-order valence-electron chi connectivity index (χ4n) is 3.52. The fourth-order valence-corrected chi connectivity index (χ4v) is 3.52. The van der Waals surface area contributed by atoms with Crippen molar-refractivity contribution in [1.29, 1.82) is 0 Å². The minimum atomic E-state index is -0.731. The second-order valence-corrected chi connectivity index (χ2v) is 6.96. The van der Waals surface area contributed by atoms with Gasteiger partial charge in [-0.05, 0) is 30.3 Å². The van der Waals surface area contributed by atoms with Gasteiger partial charge < -0.3 is 9.84 Å². The zero-order valence-corrected chi connectivity index (χ0v) is 15.4. The van der Waals surface area contributed by atoms with Crippen LogP contribution in [0, 0.1) is 5.82 Å². The standard InChI is InChI=1S/C21H22FN3O3/c22-16-7-5-15(6-8-16)20-18-3-1-2-4-19(18)21(27)25(23-20)14-17(26)13-24-9-11-28-12-10-24/h1-8,17,26H,9-14H2. The molecule has 0 saturated carbocycles. The lowest BCUT2D eigenvalue weighted by atomic mass is 10.0. The third-order valence-electron chi connectivity index (χ3n) is 4.94. The number of aromatic nitrogens is 2. The number of morpholine rings is 1. The maximum absolute atomic E-state index is 13.3. The van der Waals surface area contributed by atoms with Crippen molar-refractivity contribution in [1.82, 2.24) is 14.7 Å². The Kier molecular flexibility index (Phi) is 5.47. The van der Waals surface area contributed by atoms with Crippen LogP contribution in [0.5, 0.6) is 0 Å². The number of aliphatic hydroxyl groups excluding tert-OH is 1. The Morgan fingerprint density at radius 1 is 1.04 bits per heavy atom. The number of benzene rings is 2. The highest BCUT2D eigenvalue weighted by Gasteiger charge is 2.18. The van der Waals surface area contributed by atoms with Crippen molar-refractivity contribution in [3.05, 3.63) is 64.7 Å². The molecule has 0 amide bonds. The second kappa shape index (κ2) is 8.18. The summed E-state index contributed by atoms with van der Waals surface area (Å²) in [5.74, 6) is -0.331. The number of halogens is 1. The fraction of sp³-hybridized carbons (Fsp3) is 0.333. The Morgan fingerprint density at radius 3 is 2.43 bits per heavy atom. The van der Waals surface area contributed by atoms with Crippen molar-refractivity contribution in [3.8, 4) is 11.3 Å². The molecule has 28 heavy (non-hydrogen) atoms. The molecule has 4 rings (SSSR count). The molecule has 1 aliphatic heterocycles. The van der Waals surface area contributed by atoms with Crippen LogP contribution in [0.3, 0.4) is 0 Å². The quantitative estimate of drug-likeness (QED) is 0.729. The van der Waals surface area contributed by atoms with Gasteiger partial charge >= 0.3 is 0 Å². The number of ether oxygens (including phenoxy) is 1. The molecule has 0 aliphatic carbocycles. The Balaban J connectivity index is 1.69. The number of nitrogens with zero attached hydrogens (tertiary/aromatic N) is 3. The van der Waals surface area contributed by atoms with Crippen molar-refractivity contribution in [3.63, 3.8) is 0 Å². The molecule has 1 aromatic heterocycles. The first-order valence-electron chi connectivity index (χ1n) is 9.36. The average Bonchev–Trinajstić information content (AvgIpc) is 2.72. The molecular formula is C21H22FN3O3. The number of hydrogen-bond donors (Lipinski definition) is 1. The van der Waals surface area contributed by atoms with E-state index in [1.807, 2.05) is 12.1 Å². The SMILES string of the molecule is O=c1c2ccccc2c(-c2ccc(F)cc2)nn1CC(O)CN1CCOCC1. The van der Waals surface area contributed by atoms with E-state index in [1.54, 1.807) is 24.3 Å². The van der Waals surface area contributed by atoms with Crippen LogP contribution >= 0.6 is 0 Å². The smallest absolute Gasteiger partial charge is 0.274 e. The molecule has 0 radical (unpaired) electrons. The van der Waals surface area contributed by atoms with Gasteiger partial charge in [0.15, 0.2) is 0 Å². The number of fused-ring (bicyclic) bond motifs is 1. The van der Waals surface area contributed by atoms with Crippen LogP contribution in [0.15, 0.2) is 53.3 Å². The summed E-state index contributed by atoms with van der Waals surface area (Å²) in [5.41, 5.74) is 1.06. The first kappa shape index (κ1) is 18.7. The van der Waals surface area contributed by atoms with E-state index in [-0.39, 0.29) is 17.9 Å². The molecule has 7 heteroatoms. The summed E-state index contributed by atoms with van der Waals surface area (Å²) >= 11 is 0. The summed E-state index contributed by atoms with van der Waals surface area (Å²) in [7, 11) is 0. The van der Waals surface area contributed by atoms with Crippen LogP contribution in [-0.4, -0.2) is 58.7 Å². The van der Waals surface area contributed by atoms with Gasteiger partial charge in [-0.25, -0.2) is 9.07 Å². The molecule has 2 heterocycles. The second-order valence-electron chi connectivity index (χ2n) is 6.96. The zero-order chi connectivity index (χ0) is 19.5. The lowest BCUT2D eigenvalue weighted by Crippen LogP contribution is -2.43. The van der Waals surface area contributed by atoms with Crippen LogP contribution in [0.4, 0.5) is 4.39 Å². The molecule has 0 bridgehead atoms. The van der Waals surface area contributed by atoms with Crippen LogP contribution in [0.1, 0.15) is 0 Å². The van der Waals surface area contributed by atoms with E-state index in [0.29, 0.717) is 41.8 Å². The lowest BCUT2D eigenvalue weighted by Gasteiger charge is -2.28. The number of hydrogen-bond acceptors (Lipinski definition) is 5. The molecule has 6 nitrogen and oxygen atoms in total. The Labute approximate surface area is 161 Å². The van der Waals surface area contributed by atoms with Gasteiger partial charge in [0.25, 0.3) is 5.56 Å². The molecule has 1 atom stereocenters. The van der Waals surface area contributed by atoms with Gasteiger partial charge in [-0.3, -0.25) is 9.69 Å². The molecule has 1 aliphatic rings. The van der Waals surface area contributed by atoms with Gasteiger partial charge in [-0.15, -0.1) is 0 Å². The predicted octanol–water partition coefficient (Wildman–Crippen LogP) is 1.90. The molecule has 1 fully saturated rings. The topological polar surface area (TPSA) is 67.6 Å². The van der Waals surface area contributed by atoms with Crippen LogP contribution in [0.25, 0.3) is 22.0 Å². The third-order valence-corrected chi connectivity index (χ3v) is 4.94. The highest BCUT2D eigenvalue weighted by Crippen LogP contribution is 2.24. The van der Waals surface area contributed by atoms with E-state index >= 15 is 0 Å². The summed E-state index contributed by atoms with van der Waals surface area (Å²) in [6.07, 6.45) is -0.731. The molecule has 3 aromatic rings. The molecule has 1 N–H and O–H groups in total. The van der Waals surface area contributed by atoms with Crippen molar-refractivity contribution in [2.24, 2.45) is 0 Å². The van der Waals surface area contributed by atoms with Gasteiger partial charge in [0.2, 0.25) is 0 Å². The van der Waals surface area contributed by atoms with Crippen LogP contribution in [0.2, 0.25) is 0 Å². The van der Waals surface area contributed by atoms with Gasteiger partial charge in [-0.1, -0.05) is 18.2 Å². The minimum Gasteiger partial charge on any atom is -0.390 e. The molecule has 1 saturated heterocycles. The molecule has 2 aromatic carbocycles. The molecule has 0 spiro atoms. The largest absolute Gasteiger partial charge is 0.390 e. The third kappa shape index (κ3) is 3.96. The average molecular weight is 383 g/mol. The summed E-state index contributed by atoms with van der Waals surface area (Å²) in [6.45, 7) is 3.37. The number of rotatable bonds is 5. The Hall–Kier alpha value is -2.61. The van der Waals surface area contributed by atoms with E-state index in [0.717, 1.165) is 13.1 Å². The zero-order valence-electron chi connectivity index (χ0n) is 15.4. The first-order valence-corrected chi connectivity index (χ1v) is 9.36. The highest BCUT2D eigenvalue weighted by molar-refractivity contribution is 5.93. The first-order chi connectivity index (χ1) is 13.6. The predicted molar refractivity (Wildman–Crippen MR) is 105 cm³/mol. The summed E-state index contributed by atoms with van der Waals surface area (Å²) in [5, 5.41) is 16.3. The lowest BCUT2D eigenvalue weighted by molar-refractivity contribution is 0.0106. The van der Waals surface area contributed by atoms with Gasteiger partial charge in [0.1, 0.15) is 5.82 Å². The van der Waals surface area contributed by atoms with E-state index in [4.69, 9.17) is 4.74 Å². The van der Waals surface area contributed by atoms with Gasteiger partial charge in [0.05, 0.1) is 36.9 Å². The molecule has 1 unspecified atom stereocenters. The number of β-amino-alcohol motifs (C(OH)–C–C–N with tert-alkyl or cyclic N) is 1. The summed E-state index contributed by atoms with van der Waals surface area (Å²) in [6, 6.07) is 13.2. The molecular weight excluding hydrogens is 361 g/mol. The van der Waals surface area contributed by atoms with Crippen LogP contribution < -0.4 is 5.56 Å². The van der Waals surface area contributed by atoms with Crippen molar-refractivity contribution in [2.45, 2.75) is 12.6 Å². The maximum atomic E-state index is 13.3. The van der Waals surface area contributed by atoms with Gasteiger partial charge in [0, 0.05) is 30.6 Å². The van der Waals surface area contributed by atoms with Crippen LogP contribution in [-0.2, 0) is 11.3 Å². The summed E-state index contributed by atoms with van der Waals surface area (Å²) in [4.78, 5) is 15.0. The Bertz CT molecular complexity index is 1010. The van der Waals surface area contributed by atoms with E-state index in [1.165, 1.54) is 16.8 Å².